The molecule has 0 unspecified atom stereocenters. The predicted molar refractivity (Wildman–Crippen MR) is 132 cm³/mol. The van der Waals surface area contributed by atoms with Crippen LogP contribution in [0, 0.1) is 0 Å². The third-order valence-electron chi connectivity index (χ3n) is 5.28. The summed E-state index contributed by atoms with van der Waals surface area (Å²) in [5.41, 5.74) is 3.16. The van der Waals surface area contributed by atoms with Crippen molar-refractivity contribution < 1.29 is 4.79 Å². The fraction of sp³-hybridized carbons (Fsp3) is 0.231. The van der Waals surface area contributed by atoms with Crippen LogP contribution >= 0.6 is 11.8 Å². The summed E-state index contributed by atoms with van der Waals surface area (Å²) in [7, 11) is 0. The molecule has 0 atom stereocenters. The number of aromatic nitrogens is 4. The molecule has 1 amide bonds. The van der Waals surface area contributed by atoms with Gasteiger partial charge in [0.15, 0.2) is 11.0 Å². The van der Waals surface area contributed by atoms with Crippen molar-refractivity contribution in [2.75, 3.05) is 5.75 Å². The number of hydrogen-bond donors (Lipinski definition) is 0. The summed E-state index contributed by atoms with van der Waals surface area (Å²) in [5.74, 6) is 1.12. The van der Waals surface area contributed by atoms with Gasteiger partial charge in [0.25, 0.3) is 0 Å². The van der Waals surface area contributed by atoms with Crippen molar-refractivity contribution >= 4 is 17.7 Å². The molecule has 0 aliphatic heterocycles. The van der Waals surface area contributed by atoms with Crippen LogP contribution in [0.2, 0.25) is 0 Å². The van der Waals surface area contributed by atoms with E-state index in [2.05, 4.69) is 31.9 Å². The van der Waals surface area contributed by atoms with E-state index in [1.807, 2.05) is 79.4 Å². The Morgan fingerprint density at radius 2 is 1.64 bits per heavy atom. The number of thioether (sulfide) groups is 1. The maximum Gasteiger partial charge on any atom is 0.233 e. The van der Waals surface area contributed by atoms with E-state index in [1.165, 1.54) is 11.8 Å². The summed E-state index contributed by atoms with van der Waals surface area (Å²) in [6, 6.07) is 24.2. The molecule has 0 aliphatic rings. The molecule has 2 heterocycles. The molecule has 2 aromatic heterocycles. The second-order valence-electron chi connectivity index (χ2n) is 8.01. The first-order chi connectivity index (χ1) is 16.1. The third-order valence-corrected chi connectivity index (χ3v) is 6.24. The standard InChI is InChI=1S/C26H27N5OS/c1-20(2)30(17-21-10-5-3-6-11-21)24(32)19-33-26-29-28-25(23-14-9-15-27-16-23)31(26)18-22-12-7-4-8-13-22/h3-16,20H,17-19H2,1-2H3. The van der Waals surface area contributed by atoms with Crippen molar-refractivity contribution in [3.05, 3.63) is 96.3 Å². The van der Waals surface area contributed by atoms with Gasteiger partial charge in [-0.05, 0) is 37.1 Å². The Labute approximate surface area is 198 Å². The van der Waals surface area contributed by atoms with Gasteiger partial charge in [-0.2, -0.15) is 0 Å². The van der Waals surface area contributed by atoms with E-state index >= 15 is 0 Å². The fourth-order valence-corrected chi connectivity index (χ4v) is 4.38. The van der Waals surface area contributed by atoms with E-state index in [1.54, 1.807) is 12.4 Å². The number of benzene rings is 2. The highest BCUT2D eigenvalue weighted by Crippen LogP contribution is 2.25. The average molecular weight is 458 g/mol. The lowest BCUT2D eigenvalue weighted by atomic mass is 10.2. The molecule has 0 N–H and O–H groups in total. The predicted octanol–water partition coefficient (Wildman–Crippen LogP) is 4.92. The molecule has 0 aliphatic carbocycles. The van der Waals surface area contributed by atoms with Crippen LogP contribution in [0.5, 0.6) is 0 Å². The smallest absolute Gasteiger partial charge is 0.233 e. The lowest BCUT2D eigenvalue weighted by molar-refractivity contribution is -0.130. The number of carbonyl (C=O) groups excluding carboxylic acids is 1. The first kappa shape index (κ1) is 22.7. The molecule has 33 heavy (non-hydrogen) atoms. The Morgan fingerprint density at radius 1 is 0.939 bits per heavy atom. The summed E-state index contributed by atoms with van der Waals surface area (Å²) in [6.07, 6.45) is 3.52. The van der Waals surface area contributed by atoms with Crippen molar-refractivity contribution in [2.45, 2.75) is 38.1 Å². The molecule has 0 saturated carbocycles. The number of hydrogen-bond acceptors (Lipinski definition) is 5. The molecule has 0 fully saturated rings. The highest BCUT2D eigenvalue weighted by Gasteiger charge is 2.20. The SMILES string of the molecule is CC(C)N(Cc1ccccc1)C(=O)CSc1nnc(-c2cccnc2)n1Cc1ccccc1. The summed E-state index contributed by atoms with van der Waals surface area (Å²) in [5, 5.41) is 9.58. The Kier molecular flexibility index (Phi) is 7.52. The second kappa shape index (κ2) is 10.9. The largest absolute Gasteiger partial charge is 0.335 e. The zero-order chi connectivity index (χ0) is 23.0. The summed E-state index contributed by atoms with van der Waals surface area (Å²) in [6.45, 7) is 5.30. The Hall–Kier alpha value is -3.45. The zero-order valence-corrected chi connectivity index (χ0v) is 19.7. The van der Waals surface area contributed by atoms with Crippen molar-refractivity contribution in [1.82, 2.24) is 24.6 Å². The lowest BCUT2D eigenvalue weighted by Gasteiger charge is -2.27. The second-order valence-corrected chi connectivity index (χ2v) is 8.95. The zero-order valence-electron chi connectivity index (χ0n) is 18.8. The van der Waals surface area contributed by atoms with Crippen LogP contribution in [0.4, 0.5) is 0 Å². The summed E-state index contributed by atoms with van der Waals surface area (Å²) in [4.78, 5) is 19.3. The summed E-state index contributed by atoms with van der Waals surface area (Å²) >= 11 is 1.42. The van der Waals surface area contributed by atoms with Crippen LogP contribution in [0.25, 0.3) is 11.4 Å². The topological polar surface area (TPSA) is 63.9 Å². The Morgan fingerprint density at radius 3 is 2.27 bits per heavy atom. The van der Waals surface area contributed by atoms with Gasteiger partial charge in [-0.15, -0.1) is 10.2 Å². The minimum Gasteiger partial charge on any atom is -0.335 e. The van der Waals surface area contributed by atoms with E-state index in [9.17, 15) is 4.79 Å². The van der Waals surface area contributed by atoms with Gasteiger partial charge in [0.2, 0.25) is 5.91 Å². The maximum absolute atomic E-state index is 13.1. The molecular weight excluding hydrogens is 430 g/mol. The third kappa shape index (κ3) is 5.87. The Bertz CT molecular complexity index is 1160. The van der Waals surface area contributed by atoms with Crippen LogP contribution in [-0.2, 0) is 17.9 Å². The number of rotatable bonds is 9. The quantitative estimate of drug-likeness (QED) is 0.334. The molecule has 0 bridgehead atoms. The molecule has 7 heteroatoms. The van der Waals surface area contributed by atoms with Crippen molar-refractivity contribution in [1.29, 1.82) is 0 Å². The van der Waals surface area contributed by atoms with Crippen LogP contribution in [0.3, 0.4) is 0 Å². The average Bonchev–Trinajstić information content (AvgIpc) is 3.25. The Balaban J connectivity index is 1.54. The van der Waals surface area contributed by atoms with E-state index < -0.39 is 0 Å². The number of carbonyl (C=O) groups is 1. The van der Waals surface area contributed by atoms with Crippen molar-refractivity contribution in [3.63, 3.8) is 0 Å². The minimum atomic E-state index is 0.0797. The van der Waals surface area contributed by atoms with Crippen LogP contribution in [0.15, 0.2) is 90.3 Å². The fourth-order valence-electron chi connectivity index (χ4n) is 3.56. The van der Waals surface area contributed by atoms with Gasteiger partial charge >= 0.3 is 0 Å². The van der Waals surface area contributed by atoms with Gasteiger partial charge in [-0.1, -0.05) is 72.4 Å². The van der Waals surface area contributed by atoms with Crippen molar-refractivity contribution in [3.8, 4) is 11.4 Å². The number of pyridine rings is 1. The summed E-state index contributed by atoms with van der Waals surface area (Å²) < 4.78 is 2.06. The molecule has 4 aromatic rings. The first-order valence-corrected chi connectivity index (χ1v) is 11.9. The molecule has 168 valence electrons. The van der Waals surface area contributed by atoms with Crippen LogP contribution in [-0.4, -0.2) is 42.4 Å². The number of nitrogens with zero attached hydrogens (tertiary/aromatic N) is 5. The molecular formula is C26H27N5OS. The highest BCUT2D eigenvalue weighted by molar-refractivity contribution is 7.99. The number of amides is 1. The molecule has 2 aromatic carbocycles. The first-order valence-electron chi connectivity index (χ1n) is 11.0. The lowest BCUT2D eigenvalue weighted by Crippen LogP contribution is -2.37. The molecule has 4 rings (SSSR count). The highest BCUT2D eigenvalue weighted by atomic mass is 32.2. The van der Waals surface area contributed by atoms with Crippen LogP contribution < -0.4 is 0 Å². The monoisotopic (exact) mass is 457 g/mol. The molecule has 0 spiro atoms. The van der Waals surface area contributed by atoms with Crippen molar-refractivity contribution in [2.24, 2.45) is 0 Å². The van der Waals surface area contributed by atoms with E-state index in [4.69, 9.17) is 0 Å². The molecule has 0 radical (unpaired) electrons. The van der Waals surface area contributed by atoms with Crippen LogP contribution in [0.1, 0.15) is 25.0 Å². The minimum absolute atomic E-state index is 0.0797. The van der Waals surface area contributed by atoms with E-state index in [0.717, 1.165) is 27.7 Å². The van der Waals surface area contributed by atoms with E-state index in [-0.39, 0.29) is 11.9 Å². The van der Waals surface area contributed by atoms with Gasteiger partial charge in [-0.25, -0.2) is 0 Å². The van der Waals surface area contributed by atoms with Gasteiger partial charge in [-0.3, -0.25) is 14.3 Å². The molecule has 6 nitrogen and oxygen atoms in total. The van der Waals surface area contributed by atoms with Gasteiger partial charge in [0.05, 0.1) is 12.3 Å². The van der Waals surface area contributed by atoms with Gasteiger partial charge in [0.1, 0.15) is 0 Å². The van der Waals surface area contributed by atoms with Gasteiger partial charge < -0.3 is 4.90 Å². The normalized spacial score (nSPS) is 11.0. The van der Waals surface area contributed by atoms with Gasteiger partial charge in [0, 0.05) is 30.5 Å². The molecule has 0 saturated heterocycles. The van der Waals surface area contributed by atoms with E-state index in [0.29, 0.717) is 18.8 Å². The maximum atomic E-state index is 13.1.